The van der Waals surface area contributed by atoms with E-state index in [0.29, 0.717) is 22.5 Å². The molecule has 1 aliphatic carbocycles. The number of aryl methyl sites for hydroxylation is 1. The molecule has 0 bridgehead atoms. The highest BCUT2D eigenvalue weighted by Crippen LogP contribution is 2.21. The minimum atomic E-state index is -0.440. The Kier molecular flexibility index (Phi) is 7.06. The molecule has 0 spiro atoms. The molecule has 1 fully saturated rings. The van der Waals surface area contributed by atoms with Crippen LogP contribution < -0.4 is 16.0 Å². The topological polar surface area (TPSA) is 96.5 Å². The average Bonchev–Trinajstić information content (AvgIpc) is 3.26. The zero-order chi connectivity index (χ0) is 21.5. The number of anilines is 2. The predicted molar refractivity (Wildman–Crippen MR) is 116 cm³/mol. The molecule has 0 unspecified atom stereocenters. The van der Waals surface area contributed by atoms with Crippen molar-refractivity contribution in [1.29, 1.82) is 0 Å². The molecule has 2 amide bonds. The molecule has 1 aliphatic rings. The maximum Gasteiger partial charge on any atom is 0.337 e. The van der Waals surface area contributed by atoms with Gasteiger partial charge in [0.1, 0.15) is 0 Å². The highest BCUT2D eigenvalue weighted by molar-refractivity contribution is 6.04. The van der Waals surface area contributed by atoms with Gasteiger partial charge < -0.3 is 20.7 Å². The third-order valence-electron chi connectivity index (χ3n) is 5.23. The number of methoxy groups -OCH3 is 1. The number of hydrogen-bond donors (Lipinski definition) is 3. The molecule has 7 heteroatoms. The molecule has 0 heterocycles. The number of ether oxygens (including phenoxy) is 1. The summed E-state index contributed by atoms with van der Waals surface area (Å²) in [5.74, 6) is -0.906. The first kappa shape index (κ1) is 21.4. The lowest BCUT2D eigenvalue weighted by molar-refractivity contribution is -0.114. The molecule has 30 heavy (non-hydrogen) atoms. The fourth-order valence-corrected chi connectivity index (χ4v) is 3.55. The van der Waals surface area contributed by atoms with E-state index >= 15 is 0 Å². The molecule has 158 valence electrons. The predicted octanol–water partition coefficient (Wildman–Crippen LogP) is 3.50. The summed E-state index contributed by atoms with van der Waals surface area (Å²) >= 11 is 0. The van der Waals surface area contributed by atoms with Crippen molar-refractivity contribution in [3.63, 3.8) is 0 Å². The summed E-state index contributed by atoms with van der Waals surface area (Å²) in [7, 11) is 1.32. The lowest BCUT2D eigenvalue weighted by Gasteiger charge is -2.15. The number of esters is 1. The Balaban J connectivity index is 1.63. The van der Waals surface area contributed by atoms with Crippen LogP contribution in [0.25, 0.3) is 0 Å². The van der Waals surface area contributed by atoms with E-state index in [4.69, 9.17) is 4.74 Å². The average molecular weight is 409 g/mol. The van der Waals surface area contributed by atoms with Crippen molar-refractivity contribution >= 4 is 29.2 Å². The minimum Gasteiger partial charge on any atom is -0.465 e. The third-order valence-corrected chi connectivity index (χ3v) is 5.23. The number of hydrogen-bond acceptors (Lipinski definition) is 5. The van der Waals surface area contributed by atoms with Crippen molar-refractivity contribution in [3.8, 4) is 0 Å². The summed E-state index contributed by atoms with van der Waals surface area (Å²) in [6, 6.07) is 12.3. The number of rotatable bonds is 7. The number of para-hydroxylation sites is 1. The van der Waals surface area contributed by atoms with Crippen LogP contribution in [0.1, 0.15) is 52.0 Å². The fourth-order valence-electron chi connectivity index (χ4n) is 3.55. The van der Waals surface area contributed by atoms with Gasteiger partial charge in [0.2, 0.25) is 5.91 Å². The van der Waals surface area contributed by atoms with Crippen molar-refractivity contribution in [2.75, 3.05) is 24.3 Å². The van der Waals surface area contributed by atoms with Gasteiger partial charge in [0.05, 0.1) is 30.5 Å². The van der Waals surface area contributed by atoms with E-state index in [1.54, 1.807) is 42.5 Å². The molecular weight excluding hydrogens is 382 g/mol. The molecular formula is C23H27N3O4. The Bertz CT molecular complexity index is 936. The number of carbonyl (C=O) groups is 3. The van der Waals surface area contributed by atoms with Crippen molar-refractivity contribution in [2.24, 2.45) is 0 Å². The first-order valence-corrected chi connectivity index (χ1v) is 10.1. The van der Waals surface area contributed by atoms with E-state index in [9.17, 15) is 14.4 Å². The first-order valence-electron chi connectivity index (χ1n) is 10.1. The summed E-state index contributed by atoms with van der Waals surface area (Å²) in [5, 5.41) is 8.89. The molecule has 0 atom stereocenters. The SMILES string of the molecule is COC(=O)c1ccc(C)c(NCC(=O)Nc2ccccc2C(=O)NC2CCCC2)c1. The van der Waals surface area contributed by atoms with Crippen LogP contribution >= 0.6 is 0 Å². The molecule has 0 aromatic heterocycles. The highest BCUT2D eigenvalue weighted by atomic mass is 16.5. The van der Waals surface area contributed by atoms with Gasteiger partial charge in [-0.3, -0.25) is 9.59 Å². The Morgan fingerprint density at radius 3 is 2.50 bits per heavy atom. The number of nitrogens with one attached hydrogen (secondary N) is 3. The van der Waals surface area contributed by atoms with Crippen molar-refractivity contribution < 1.29 is 19.1 Å². The zero-order valence-electron chi connectivity index (χ0n) is 17.3. The second-order valence-electron chi connectivity index (χ2n) is 7.42. The van der Waals surface area contributed by atoms with Gasteiger partial charge in [0.25, 0.3) is 5.91 Å². The summed E-state index contributed by atoms with van der Waals surface area (Å²) in [5.41, 5.74) is 2.88. The molecule has 0 radical (unpaired) electrons. The molecule has 3 N–H and O–H groups in total. The maximum atomic E-state index is 12.6. The van der Waals surface area contributed by atoms with Gasteiger partial charge in [-0.15, -0.1) is 0 Å². The maximum absolute atomic E-state index is 12.6. The lowest BCUT2D eigenvalue weighted by Crippen LogP contribution is -2.33. The number of carbonyl (C=O) groups excluding carboxylic acids is 3. The Hall–Kier alpha value is -3.35. The van der Waals surface area contributed by atoms with Gasteiger partial charge in [-0.1, -0.05) is 31.0 Å². The largest absolute Gasteiger partial charge is 0.465 e. The van der Waals surface area contributed by atoms with Crippen LogP contribution in [0, 0.1) is 6.92 Å². The fraction of sp³-hybridized carbons (Fsp3) is 0.348. The van der Waals surface area contributed by atoms with E-state index in [-0.39, 0.29) is 24.4 Å². The monoisotopic (exact) mass is 409 g/mol. The van der Waals surface area contributed by atoms with E-state index in [1.165, 1.54) is 7.11 Å². The third kappa shape index (κ3) is 5.37. The summed E-state index contributed by atoms with van der Waals surface area (Å²) in [6.45, 7) is 1.87. The van der Waals surface area contributed by atoms with Gasteiger partial charge >= 0.3 is 5.97 Å². The van der Waals surface area contributed by atoms with Crippen LogP contribution in [0.2, 0.25) is 0 Å². The van der Waals surface area contributed by atoms with Crippen LogP contribution in [0.4, 0.5) is 11.4 Å². The first-order chi connectivity index (χ1) is 14.5. The van der Waals surface area contributed by atoms with Crippen LogP contribution in [-0.4, -0.2) is 37.5 Å². The second kappa shape index (κ2) is 9.91. The second-order valence-corrected chi connectivity index (χ2v) is 7.42. The van der Waals surface area contributed by atoms with Crippen molar-refractivity contribution in [2.45, 2.75) is 38.6 Å². The Morgan fingerprint density at radius 2 is 1.77 bits per heavy atom. The van der Waals surface area contributed by atoms with E-state index in [0.717, 1.165) is 31.2 Å². The van der Waals surface area contributed by atoms with Gasteiger partial charge in [-0.25, -0.2) is 4.79 Å². The summed E-state index contributed by atoms with van der Waals surface area (Å²) in [6.07, 6.45) is 4.25. The quantitative estimate of drug-likeness (QED) is 0.608. The van der Waals surface area contributed by atoms with Crippen LogP contribution in [-0.2, 0) is 9.53 Å². The van der Waals surface area contributed by atoms with Crippen molar-refractivity contribution in [3.05, 3.63) is 59.2 Å². The van der Waals surface area contributed by atoms with Crippen LogP contribution in [0.5, 0.6) is 0 Å². The minimum absolute atomic E-state index is 0.00988. The van der Waals surface area contributed by atoms with Gasteiger partial charge in [-0.05, 0) is 49.6 Å². The van der Waals surface area contributed by atoms with Gasteiger partial charge in [0.15, 0.2) is 0 Å². The van der Waals surface area contributed by atoms with Crippen molar-refractivity contribution in [1.82, 2.24) is 5.32 Å². The van der Waals surface area contributed by atoms with E-state index < -0.39 is 5.97 Å². The lowest BCUT2D eigenvalue weighted by atomic mass is 10.1. The Morgan fingerprint density at radius 1 is 1.03 bits per heavy atom. The molecule has 7 nitrogen and oxygen atoms in total. The molecule has 0 saturated heterocycles. The van der Waals surface area contributed by atoms with Gasteiger partial charge in [0, 0.05) is 11.7 Å². The van der Waals surface area contributed by atoms with Gasteiger partial charge in [-0.2, -0.15) is 0 Å². The molecule has 2 aromatic rings. The normalized spacial score (nSPS) is 13.5. The zero-order valence-corrected chi connectivity index (χ0v) is 17.3. The summed E-state index contributed by atoms with van der Waals surface area (Å²) in [4.78, 5) is 36.8. The molecule has 3 rings (SSSR count). The molecule has 0 aliphatic heterocycles. The molecule has 2 aromatic carbocycles. The van der Waals surface area contributed by atoms with Crippen LogP contribution in [0.15, 0.2) is 42.5 Å². The smallest absolute Gasteiger partial charge is 0.337 e. The van der Waals surface area contributed by atoms with Crippen LogP contribution in [0.3, 0.4) is 0 Å². The summed E-state index contributed by atoms with van der Waals surface area (Å²) < 4.78 is 4.73. The number of amides is 2. The van der Waals surface area contributed by atoms with E-state index in [2.05, 4.69) is 16.0 Å². The molecule has 1 saturated carbocycles. The highest BCUT2D eigenvalue weighted by Gasteiger charge is 2.20. The Labute approximate surface area is 176 Å². The number of benzene rings is 2. The standard InChI is InChI=1S/C23H27N3O4/c1-15-11-12-16(23(29)30-2)13-20(15)24-14-21(27)26-19-10-6-5-9-18(19)22(28)25-17-7-3-4-8-17/h5-6,9-13,17,24H,3-4,7-8,14H2,1-2H3,(H,25,28)(H,26,27). The van der Waals surface area contributed by atoms with E-state index in [1.807, 2.05) is 6.92 Å².